The first kappa shape index (κ1) is 20.4. The fraction of sp³-hybridized carbons (Fsp3) is 0.500. The Balaban J connectivity index is 1.29. The predicted octanol–water partition coefficient (Wildman–Crippen LogP) is 1.85. The lowest BCUT2D eigenvalue weighted by Gasteiger charge is -2.29. The van der Waals surface area contributed by atoms with Crippen LogP contribution in [-0.4, -0.2) is 65.9 Å². The maximum atomic E-state index is 12.8. The molecule has 1 N–H and O–H groups in total. The van der Waals surface area contributed by atoms with E-state index in [1.54, 1.807) is 9.58 Å². The number of aromatic nitrogens is 2. The third-order valence-electron chi connectivity index (χ3n) is 5.82. The molecule has 1 aromatic heterocycles. The van der Waals surface area contributed by atoms with E-state index in [1.165, 1.54) is 0 Å². The van der Waals surface area contributed by atoms with Gasteiger partial charge in [-0.1, -0.05) is 0 Å². The molecule has 2 aromatic rings. The van der Waals surface area contributed by atoms with Gasteiger partial charge in [0, 0.05) is 50.2 Å². The molecule has 8 nitrogen and oxygen atoms in total. The molecular weight excluding hydrogens is 382 g/mol. The predicted molar refractivity (Wildman–Crippen MR) is 114 cm³/mol. The third-order valence-corrected chi connectivity index (χ3v) is 5.82. The molecule has 2 fully saturated rings. The number of nitrogens with one attached hydrogen (secondary N) is 1. The zero-order valence-electron chi connectivity index (χ0n) is 17.6. The van der Waals surface area contributed by atoms with Crippen molar-refractivity contribution in [1.29, 1.82) is 0 Å². The molecule has 0 bridgehead atoms. The summed E-state index contributed by atoms with van der Waals surface area (Å²) in [7, 11) is 1.87. The standard InChI is InChI=1S/C22H29N5O3/c1-3-26(22(29)20-12-19(20)16-13-23-25(2)14-16)15-21(28)24-17-4-6-18(7-5-17)27-8-10-30-11-9-27/h4-7,13-14,19-20H,3,8-12,15H2,1-2H3,(H,24,28). The van der Waals surface area contributed by atoms with Crippen LogP contribution in [0.15, 0.2) is 36.7 Å². The highest BCUT2D eigenvalue weighted by atomic mass is 16.5. The summed E-state index contributed by atoms with van der Waals surface area (Å²) in [4.78, 5) is 29.3. The van der Waals surface area contributed by atoms with Gasteiger partial charge in [-0.3, -0.25) is 14.3 Å². The summed E-state index contributed by atoms with van der Waals surface area (Å²) < 4.78 is 7.14. The van der Waals surface area contributed by atoms with Crippen LogP contribution in [-0.2, 0) is 21.4 Å². The van der Waals surface area contributed by atoms with Crippen LogP contribution in [0.2, 0.25) is 0 Å². The number of ether oxygens (including phenoxy) is 1. The summed E-state index contributed by atoms with van der Waals surface area (Å²) in [6, 6.07) is 7.82. The fourth-order valence-electron chi connectivity index (χ4n) is 4.00. The Bertz CT molecular complexity index is 888. The molecule has 1 saturated heterocycles. The van der Waals surface area contributed by atoms with Crippen molar-refractivity contribution in [2.75, 3.05) is 49.6 Å². The monoisotopic (exact) mass is 411 g/mol. The minimum atomic E-state index is -0.178. The number of carbonyl (C=O) groups is 2. The Morgan fingerprint density at radius 3 is 2.60 bits per heavy atom. The highest BCUT2D eigenvalue weighted by Gasteiger charge is 2.46. The molecule has 0 radical (unpaired) electrons. The Kier molecular flexibility index (Phi) is 6.03. The van der Waals surface area contributed by atoms with E-state index in [4.69, 9.17) is 4.74 Å². The van der Waals surface area contributed by atoms with Gasteiger partial charge in [0.2, 0.25) is 11.8 Å². The van der Waals surface area contributed by atoms with Crippen LogP contribution >= 0.6 is 0 Å². The molecule has 0 spiro atoms. The van der Waals surface area contributed by atoms with Crippen molar-refractivity contribution in [2.24, 2.45) is 13.0 Å². The minimum absolute atomic E-state index is 0.0455. The van der Waals surface area contributed by atoms with Gasteiger partial charge in [-0.2, -0.15) is 5.10 Å². The molecule has 8 heteroatoms. The van der Waals surface area contributed by atoms with E-state index in [1.807, 2.05) is 50.6 Å². The lowest BCUT2D eigenvalue weighted by Crippen LogP contribution is -2.39. The summed E-state index contributed by atoms with van der Waals surface area (Å²) in [6.07, 6.45) is 4.61. The van der Waals surface area contributed by atoms with E-state index < -0.39 is 0 Å². The number of morpholine rings is 1. The molecule has 2 unspecified atom stereocenters. The number of benzene rings is 1. The fourth-order valence-corrected chi connectivity index (χ4v) is 4.00. The molecule has 4 rings (SSSR count). The molecule has 30 heavy (non-hydrogen) atoms. The van der Waals surface area contributed by atoms with E-state index >= 15 is 0 Å². The second-order valence-corrected chi connectivity index (χ2v) is 7.94. The number of aryl methyl sites for hydroxylation is 1. The van der Waals surface area contributed by atoms with E-state index in [0.29, 0.717) is 6.54 Å². The summed E-state index contributed by atoms with van der Waals surface area (Å²) in [5.41, 5.74) is 2.95. The molecular formula is C22H29N5O3. The van der Waals surface area contributed by atoms with Crippen LogP contribution in [0.3, 0.4) is 0 Å². The van der Waals surface area contributed by atoms with Gasteiger partial charge in [0.05, 0.1) is 26.0 Å². The largest absolute Gasteiger partial charge is 0.378 e. The first-order valence-corrected chi connectivity index (χ1v) is 10.5. The smallest absolute Gasteiger partial charge is 0.243 e. The van der Waals surface area contributed by atoms with Crippen molar-refractivity contribution >= 4 is 23.2 Å². The topological polar surface area (TPSA) is 79.7 Å². The van der Waals surface area contributed by atoms with Crippen LogP contribution in [0.25, 0.3) is 0 Å². The molecule has 2 atom stereocenters. The molecule has 1 aliphatic heterocycles. The Labute approximate surface area is 176 Å². The maximum absolute atomic E-state index is 12.8. The van der Waals surface area contributed by atoms with Crippen molar-refractivity contribution in [3.05, 3.63) is 42.2 Å². The van der Waals surface area contributed by atoms with Crippen LogP contribution < -0.4 is 10.2 Å². The van der Waals surface area contributed by atoms with Crippen molar-refractivity contribution in [3.63, 3.8) is 0 Å². The number of anilines is 2. The number of amides is 2. The van der Waals surface area contributed by atoms with Gasteiger partial charge in [-0.15, -0.1) is 0 Å². The van der Waals surface area contributed by atoms with Crippen molar-refractivity contribution in [2.45, 2.75) is 19.3 Å². The average Bonchev–Trinajstić information content (AvgIpc) is 3.45. The number of nitrogens with zero attached hydrogens (tertiary/aromatic N) is 4. The third kappa shape index (κ3) is 4.64. The van der Waals surface area contributed by atoms with Gasteiger partial charge in [-0.25, -0.2) is 0 Å². The number of rotatable bonds is 7. The molecule has 1 saturated carbocycles. The summed E-state index contributed by atoms with van der Waals surface area (Å²) in [6.45, 7) is 5.71. The van der Waals surface area contributed by atoms with Crippen LogP contribution in [0.1, 0.15) is 24.8 Å². The van der Waals surface area contributed by atoms with Gasteiger partial charge in [-0.05, 0) is 49.1 Å². The van der Waals surface area contributed by atoms with E-state index in [9.17, 15) is 9.59 Å². The summed E-state index contributed by atoms with van der Waals surface area (Å²) in [5, 5.41) is 7.09. The first-order chi connectivity index (χ1) is 14.5. The number of likely N-dealkylation sites (N-methyl/N-ethyl adjacent to an activating group) is 1. The highest BCUT2D eigenvalue weighted by Crippen LogP contribution is 2.48. The molecule has 1 aromatic carbocycles. The van der Waals surface area contributed by atoms with Crippen molar-refractivity contribution in [3.8, 4) is 0 Å². The highest BCUT2D eigenvalue weighted by molar-refractivity contribution is 5.95. The number of carbonyl (C=O) groups excluding carboxylic acids is 2. The van der Waals surface area contributed by atoms with Crippen LogP contribution in [0, 0.1) is 5.92 Å². The Morgan fingerprint density at radius 2 is 1.97 bits per heavy atom. The molecule has 1 aliphatic carbocycles. The summed E-state index contributed by atoms with van der Waals surface area (Å²) >= 11 is 0. The SMILES string of the molecule is CCN(CC(=O)Nc1ccc(N2CCOCC2)cc1)C(=O)C1CC1c1cnn(C)c1. The van der Waals surface area contributed by atoms with Gasteiger partial charge in [0.15, 0.2) is 0 Å². The minimum Gasteiger partial charge on any atom is -0.378 e. The molecule has 2 heterocycles. The zero-order valence-corrected chi connectivity index (χ0v) is 17.6. The second-order valence-electron chi connectivity index (χ2n) is 7.94. The quantitative estimate of drug-likeness (QED) is 0.752. The van der Waals surface area contributed by atoms with Crippen molar-refractivity contribution in [1.82, 2.24) is 14.7 Å². The van der Waals surface area contributed by atoms with E-state index in [2.05, 4.69) is 15.3 Å². The number of hydrogen-bond donors (Lipinski definition) is 1. The maximum Gasteiger partial charge on any atom is 0.243 e. The van der Waals surface area contributed by atoms with E-state index in [-0.39, 0.29) is 30.2 Å². The molecule has 2 aliphatic rings. The van der Waals surface area contributed by atoms with Crippen LogP contribution in [0.5, 0.6) is 0 Å². The normalized spacial score (nSPS) is 20.7. The lowest BCUT2D eigenvalue weighted by atomic mass is 10.2. The lowest BCUT2D eigenvalue weighted by molar-refractivity contribution is -0.135. The van der Waals surface area contributed by atoms with Gasteiger partial charge >= 0.3 is 0 Å². The average molecular weight is 412 g/mol. The van der Waals surface area contributed by atoms with Gasteiger partial charge in [0.25, 0.3) is 0 Å². The Morgan fingerprint density at radius 1 is 1.23 bits per heavy atom. The first-order valence-electron chi connectivity index (χ1n) is 10.5. The summed E-state index contributed by atoms with van der Waals surface area (Å²) in [5.74, 6) is 0.0397. The zero-order chi connectivity index (χ0) is 21.1. The molecule has 2 amide bonds. The van der Waals surface area contributed by atoms with Crippen molar-refractivity contribution < 1.29 is 14.3 Å². The second kappa shape index (κ2) is 8.87. The van der Waals surface area contributed by atoms with Gasteiger partial charge in [0.1, 0.15) is 0 Å². The molecule has 160 valence electrons. The van der Waals surface area contributed by atoms with E-state index in [0.717, 1.165) is 49.7 Å². The number of hydrogen-bond acceptors (Lipinski definition) is 5. The van der Waals surface area contributed by atoms with Crippen LogP contribution in [0.4, 0.5) is 11.4 Å². The Hall–Kier alpha value is -2.87. The van der Waals surface area contributed by atoms with Gasteiger partial charge < -0.3 is 19.9 Å².